The van der Waals surface area contributed by atoms with Crippen molar-refractivity contribution in [3.63, 3.8) is 0 Å². The quantitative estimate of drug-likeness (QED) is 0.284. The number of aliphatic carboxylic acids is 1. The number of aromatic nitrogens is 3. The number of aryl methyl sites for hydroxylation is 1. The maximum atomic E-state index is 12.4. The van der Waals surface area contributed by atoms with E-state index in [0.29, 0.717) is 35.9 Å². The average Bonchev–Trinajstić information content (AvgIpc) is 3.20. The van der Waals surface area contributed by atoms with Gasteiger partial charge in [0.2, 0.25) is 0 Å². The number of carboxylic acid groups (broad SMARTS) is 1. The molecule has 6 rings (SSSR count). The van der Waals surface area contributed by atoms with Crippen LogP contribution in [0.15, 0.2) is 53.8 Å². The summed E-state index contributed by atoms with van der Waals surface area (Å²) in [5.74, 6) is -0.205. The van der Waals surface area contributed by atoms with Gasteiger partial charge in [0.25, 0.3) is 0 Å². The molecule has 0 spiro atoms. The Morgan fingerprint density at radius 1 is 1.31 bits per heavy atom. The molecule has 8 heteroatoms. The molecule has 2 aliphatic carbocycles. The SMILES string of the molecule is Cc1ccc(COc2cc(Cl)c3nc4n(c3c2)CC2(C)C=CC(C)(Br)C3=C2[C@H]4[C@@H](C(=O)O)CC3)nc1. The third kappa shape index (κ3) is 3.62. The molecule has 0 bridgehead atoms. The Kier molecular flexibility index (Phi) is 5.40. The van der Waals surface area contributed by atoms with Crippen LogP contribution in [0.1, 0.15) is 49.7 Å². The highest BCUT2D eigenvalue weighted by atomic mass is 79.9. The highest BCUT2D eigenvalue weighted by Gasteiger charge is 2.53. The van der Waals surface area contributed by atoms with Gasteiger partial charge in [-0.1, -0.05) is 52.7 Å². The van der Waals surface area contributed by atoms with Crippen LogP contribution >= 0.6 is 27.5 Å². The number of fused-ring (bicyclic) bond motifs is 4. The van der Waals surface area contributed by atoms with Crippen LogP contribution in [0.4, 0.5) is 0 Å². The lowest BCUT2D eigenvalue weighted by Crippen LogP contribution is -2.45. The van der Waals surface area contributed by atoms with Crippen LogP contribution in [-0.4, -0.2) is 29.9 Å². The summed E-state index contributed by atoms with van der Waals surface area (Å²) in [4.78, 5) is 21.8. The predicted molar refractivity (Wildman–Crippen MR) is 143 cm³/mol. The molecule has 36 heavy (non-hydrogen) atoms. The molecule has 1 aromatic carbocycles. The number of allylic oxidation sites excluding steroid dienone is 4. The third-order valence-corrected chi connectivity index (χ3v) is 9.00. The number of imidazole rings is 1. The van der Waals surface area contributed by atoms with E-state index in [0.717, 1.165) is 29.0 Å². The lowest BCUT2D eigenvalue weighted by molar-refractivity contribution is -0.143. The molecular formula is C28H27BrClN3O3. The van der Waals surface area contributed by atoms with E-state index in [4.69, 9.17) is 21.3 Å². The first kappa shape index (κ1) is 23.7. The summed E-state index contributed by atoms with van der Waals surface area (Å²) in [5.41, 5.74) is 5.64. The Morgan fingerprint density at radius 2 is 2.11 bits per heavy atom. The number of carboxylic acids is 1. The Morgan fingerprint density at radius 3 is 2.83 bits per heavy atom. The van der Waals surface area contributed by atoms with Crippen LogP contribution in [0.5, 0.6) is 5.75 Å². The van der Waals surface area contributed by atoms with Crippen LogP contribution < -0.4 is 4.74 Å². The van der Waals surface area contributed by atoms with Gasteiger partial charge in [0, 0.05) is 30.3 Å². The van der Waals surface area contributed by atoms with Gasteiger partial charge in [-0.15, -0.1) is 0 Å². The molecule has 3 aliphatic rings. The van der Waals surface area contributed by atoms with Crippen LogP contribution in [0.3, 0.4) is 0 Å². The largest absolute Gasteiger partial charge is 0.487 e. The zero-order chi connectivity index (χ0) is 25.4. The number of pyridine rings is 1. The normalized spacial score (nSPS) is 28.7. The molecule has 2 unspecified atom stereocenters. The number of benzene rings is 1. The summed E-state index contributed by atoms with van der Waals surface area (Å²) >= 11 is 10.6. The summed E-state index contributed by atoms with van der Waals surface area (Å²) in [7, 11) is 0. The van der Waals surface area contributed by atoms with E-state index in [1.54, 1.807) is 6.07 Å². The average molecular weight is 569 g/mol. The first-order chi connectivity index (χ1) is 17.1. The van der Waals surface area contributed by atoms with Crippen LogP contribution in [0.2, 0.25) is 5.02 Å². The minimum absolute atomic E-state index is 0.277. The molecule has 0 radical (unpaired) electrons. The second-order valence-electron chi connectivity index (χ2n) is 10.6. The van der Waals surface area contributed by atoms with Gasteiger partial charge in [-0.2, -0.15) is 0 Å². The van der Waals surface area contributed by atoms with Crippen molar-refractivity contribution in [2.24, 2.45) is 11.3 Å². The van der Waals surface area contributed by atoms with Crippen molar-refractivity contribution in [1.82, 2.24) is 14.5 Å². The molecule has 3 heterocycles. The van der Waals surface area contributed by atoms with Gasteiger partial charge >= 0.3 is 5.97 Å². The third-order valence-electron chi connectivity index (χ3n) is 7.97. The summed E-state index contributed by atoms with van der Waals surface area (Å²) in [6, 6.07) is 7.70. The fourth-order valence-corrected chi connectivity index (χ4v) is 6.96. The Balaban J connectivity index is 1.48. The Labute approximate surface area is 223 Å². The number of carbonyl (C=O) groups is 1. The first-order valence-corrected chi connectivity index (χ1v) is 13.3. The van der Waals surface area contributed by atoms with Crippen molar-refractivity contribution in [3.8, 4) is 5.75 Å². The molecule has 0 fully saturated rings. The zero-order valence-electron chi connectivity index (χ0n) is 20.4. The van der Waals surface area contributed by atoms with Gasteiger partial charge in [0.1, 0.15) is 23.7 Å². The topological polar surface area (TPSA) is 77.2 Å². The van der Waals surface area contributed by atoms with Gasteiger partial charge in [0.05, 0.1) is 32.4 Å². The molecule has 0 saturated heterocycles. The number of alkyl halides is 1. The molecule has 2 aromatic heterocycles. The summed E-state index contributed by atoms with van der Waals surface area (Å²) in [6.45, 7) is 7.34. The zero-order valence-corrected chi connectivity index (χ0v) is 22.7. The van der Waals surface area contributed by atoms with Crippen molar-refractivity contribution in [1.29, 1.82) is 0 Å². The molecule has 0 saturated carbocycles. The Bertz CT molecular complexity index is 1470. The van der Waals surface area contributed by atoms with E-state index in [1.165, 1.54) is 11.1 Å². The number of ether oxygens (including phenoxy) is 1. The van der Waals surface area contributed by atoms with Crippen molar-refractivity contribution in [2.45, 2.75) is 57.0 Å². The molecule has 6 nitrogen and oxygen atoms in total. The predicted octanol–water partition coefficient (Wildman–Crippen LogP) is 6.59. The minimum Gasteiger partial charge on any atom is -0.487 e. The highest BCUT2D eigenvalue weighted by molar-refractivity contribution is 9.10. The fourth-order valence-electron chi connectivity index (χ4n) is 6.17. The van der Waals surface area contributed by atoms with E-state index < -0.39 is 11.9 Å². The number of rotatable bonds is 4. The van der Waals surface area contributed by atoms with Crippen LogP contribution in [0, 0.1) is 18.3 Å². The van der Waals surface area contributed by atoms with Gasteiger partial charge in [-0.3, -0.25) is 9.78 Å². The molecule has 1 aliphatic heterocycles. The lowest BCUT2D eigenvalue weighted by atomic mass is 9.59. The molecule has 1 N–H and O–H groups in total. The second-order valence-corrected chi connectivity index (χ2v) is 12.7. The van der Waals surface area contributed by atoms with Gasteiger partial charge in [0.15, 0.2) is 0 Å². The summed E-state index contributed by atoms with van der Waals surface area (Å²) in [6.07, 6.45) is 7.61. The second kappa shape index (κ2) is 8.18. The number of nitrogens with zero attached hydrogens (tertiary/aromatic N) is 3. The van der Waals surface area contributed by atoms with Gasteiger partial charge < -0.3 is 14.4 Å². The van der Waals surface area contributed by atoms with E-state index in [2.05, 4.69) is 51.5 Å². The maximum Gasteiger partial charge on any atom is 0.307 e. The lowest BCUT2D eigenvalue weighted by Gasteiger charge is -2.50. The number of hydrogen-bond acceptors (Lipinski definition) is 4. The van der Waals surface area contributed by atoms with E-state index in [9.17, 15) is 9.90 Å². The molecule has 186 valence electrons. The standard InChI is InChI=1S/C28H27BrClN3O3/c1-15-4-5-16(31-12-15)13-36-17-10-20(30)24-21(11-17)33-14-27(2)8-9-28(3,29)19-7-6-18(26(34)35)22(23(19)27)25(33)32-24/h4-5,8-12,18,22H,6-7,13-14H2,1-3H3,(H,34,35)/t18-,22+,27?,28?/m0/s1. The van der Waals surface area contributed by atoms with Crippen LogP contribution in [0.25, 0.3) is 11.0 Å². The first-order valence-electron chi connectivity index (χ1n) is 12.2. The highest BCUT2D eigenvalue weighted by Crippen LogP contribution is 2.59. The maximum absolute atomic E-state index is 12.4. The van der Waals surface area contributed by atoms with Crippen molar-refractivity contribution in [2.75, 3.05) is 0 Å². The van der Waals surface area contributed by atoms with E-state index >= 15 is 0 Å². The molecule has 0 amide bonds. The van der Waals surface area contributed by atoms with E-state index in [1.807, 2.05) is 31.3 Å². The fraction of sp³-hybridized carbons (Fsp3) is 0.393. The molecule has 4 atom stereocenters. The number of hydrogen-bond donors (Lipinski definition) is 1. The van der Waals surface area contributed by atoms with E-state index in [-0.39, 0.29) is 15.7 Å². The molecular weight excluding hydrogens is 542 g/mol. The molecule has 3 aromatic rings. The van der Waals surface area contributed by atoms with Crippen molar-refractivity contribution >= 4 is 44.5 Å². The number of halogens is 2. The van der Waals surface area contributed by atoms with Gasteiger partial charge in [-0.05, 0) is 49.5 Å². The Hall–Kier alpha value is -2.64. The summed E-state index contributed by atoms with van der Waals surface area (Å²) < 4.78 is 7.95. The summed E-state index contributed by atoms with van der Waals surface area (Å²) in [5, 5.41) is 10.7. The van der Waals surface area contributed by atoms with Crippen LogP contribution in [-0.2, 0) is 17.9 Å². The van der Waals surface area contributed by atoms with Crippen molar-refractivity contribution < 1.29 is 14.6 Å². The smallest absolute Gasteiger partial charge is 0.307 e. The monoisotopic (exact) mass is 567 g/mol. The van der Waals surface area contributed by atoms with Gasteiger partial charge in [-0.25, -0.2) is 4.98 Å². The minimum atomic E-state index is -0.777. The van der Waals surface area contributed by atoms with Crippen molar-refractivity contribution in [3.05, 3.63) is 75.9 Å².